The second kappa shape index (κ2) is 7.06. The summed E-state index contributed by atoms with van der Waals surface area (Å²) < 4.78 is 5.46. The van der Waals surface area contributed by atoms with Gasteiger partial charge in [0.2, 0.25) is 5.91 Å². The zero-order valence-electron chi connectivity index (χ0n) is 15.4. The number of nitrogens with zero attached hydrogens (tertiary/aromatic N) is 1. The first-order valence-corrected chi connectivity index (χ1v) is 9.24. The predicted octanol–water partition coefficient (Wildman–Crippen LogP) is 4.29. The molecule has 1 aliphatic carbocycles. The molecular formula is C20H28N2O3. The van der Waals surface area contributed by atoms with Crippen LogP contribution in [-0.2, 0) is 9.53 Å². The van der Waals surface area contributed by atoms with Crippen LogP contribution in [0.1, 0.15) is 64.4 Å². The van der Waals surface area contributed by atoms with Crippen LogP contribution in [0.2, 0.25) is 0 Å². The molecule has 1 saturated heterocycles. The molecule has 0 aromatic heterocycles. The summed E-state index contributed by atoms with van der Waals surface area (Å²) in [6.45, 7) is 6.08. The number of piperidine rings is 1. The molecular weight excluding hydrogens is 316 g/mol. The van der Waals surface area contributed by atoms with Crippen LogP contribution in [0.5, 0.6) is 0 Å². The summed E-state index contributed by atoms with van der Waals surface area (Å²) in [5.41, 5.74) is 1.56. The van der Waals surface area contributed by atoms with E-state index in [1.165, 1.54) is 18.4 Å². The number of likely N-dealkylation sites (tertiary alicyclic amines) is 1. The van der Waals surface area contributed by atoms with Gasteiger partial charge < -0.3 is 10.1 Å². The predicted molar refractivity (Wildman–Crippen MR) is 97.6 cm³/mol. The van der Waals surface area contributed by atoms with Gasteiger partial charge in [0.15, 0.2) is 0 Å². The maximum Gasteiger partial charge on any atom is 0.410 e. The van der Waals surface area contributed by atoms with Gasteiger partial charge in [0.05, 0.1) is 0 Å². The Morgan fingerprint density at radius 3 is 2.36 bits per heavy atom. The van der Waals surface area contributed by atoms with E-state index >= 15 is 0 Å². The van der Waals surface area contributed by atoms with Crippen molar-refractivity contribution in [3.63, 3.8) is 0 Å². The van der Waals surface area contributed by atoms with Crippen LogP contribution in [0, 0.1) is 0 Å². The number of anilines is 1. The summed E-state index contributed by atoms with van der Waals surface area (Å²) >= 11 is 0. The molecule has 1 aliphatic heterocycles. The molecule has 1 saturated carbocycles. The number of rotatable bonds is 3. The smallest absolute Gasteiger partial charge is 0.410 e. The number of benzene rings is 1. The largest absolute Gasteiger partial charge is 0.444 e. The van der Waals surface area contributed by atoms with Gasteiger partial charge in [-0.25, -0.2) is 4.79 Å². The van der Waals surface area contributed by atoms with Crippen molar-refractivity contribution >= 4 is 17.7 Å². The zero-order chi connectivity index (χ0) is 18.0. The van der Waals surface area contributed by atoms with Crippen LogP contribution in [0.4, 0.5) is 10.5 Å². The van der Waals surface area contributed by atoms with E-state index in [1.54, 1.807) is 4.90 Å². The Morgan fingerprint density at radius 2 is 1.76 bits per heavy atom. The molecule has 0 spiro atoms. The Bertz CT molecular complexity index is 629. The van der Waals surface area contributed by atoms with Crippen molar-refractivity contribution in [1.82, 2.24) is 4.90 Å². The fraction of sp³-hybridized carbons (Fsp3) is 0.600. The Morgan fingerprint density at radius 1 is 1.08 bits per heavy atom. The highest BCUT2D eigenvalue weighted by Gasteiger charge is 2.34. The standard InChI is InChI=1S/C20H28N2O3/c1-20(2,3)25-19(24)22-13-5-4-6-17(22)18(23)21-16-11-9-15(10-12-16)14-7-8-14/h9-12,14,17H,4-8,13H2,1-3H3,(H,21,23)/t17-/m1/s1. The maximum atomic E-state index is 12.7. The average molecular weight is 344 g/mol. The Balaban J connectivity index is 1.64. The average Bonchev–Trinajstić information content (AvgIpc) is 3.39. The molecule has 2 amide bonds. The monoisotopic (exact) mass is 344 g/mol. The summed E-state index contributed by atoms with van der Waals surface area (Å²) in [6.07, 6.45) is 4.64. The molecule has 1 aromatic carbocycles. The quantitative estimate of drug-likeness (QED) is 0.890. The number of ether oxygens (including phenoxy) is 1. The van der Waals surface area contributed by atoms with Crippen molar-refractivity contribution in [2.75, 3.05) is 11.9 Å². The van der Waals surface area contributed by atoms with Gasteiger partial charge >= 0.3 is 6.09 Å². The molecule has 0 radical (unpaired) electrons. The Kier molecular flexibility index (Phi) is 5.02. The fourth-order valence-electron chi connectivity index (χ4n) is 3.22. The van der Waals surface area contributed by atoms with Gasteiger partial charge in [-0.05, 0) is 76.5 Å². The highest BCUT2D eigenvalue weighted by Crippen LogP contribution is 2.40. The summed E-state index contributed by atoms with van der Waals surface area (Å²) in [4.78, 5) is 26.7. The SMILES string of the molecule is CC(C)(C)OC(=O)N1CCCC[C@@H]1C(=O)Nc1ccc(C2CC2)cc1. The number of carbonyl (C=O) groups excluding carboxylic acids is 2. The minimum atomic E-state index is -0.561. The molecule has 5 nitrogen and oxygen atoms in total. The summed E-state index contributed by atoms with van der Waals surface area (Å²) in [5, 5.41) is 2.96. The van der Waals surface area contributed by atoms with E-state index in [0.29, 0.717) is 18.9 Å². The topological polar surface area (TPSA) is 58.6 Å². The second-order valence-electron chi connectivity index (χ2n) is 8.07. The number of hydrogen-bond acceptors (Lipinski definition) is 3. The van der Waals surface area contributed by atoms with Crippen molar-refractivity contribution in [3.05, 3.63) is 29.8 Å². The van der Waals surface area contributed by atoms with E-state index < -0.39 is 17.7 Å². The van der Waals surface area contributed by atoms with Crippen LogP contribution in [0.3, 0.4) is 0 Å². The van der Waals surface area contributed by atoms with Crippen molar-refractivity contribution in [3.8, 4) is 0 Å². The van der Waals surface area contributed by atoms with Gasteiger partial charge in [-0.2, -0.15) is 0 Å². The molecule has 2 aliphatic rings. The van der Waals surface area contributed by atoms with Crippen molar-refractivity contribution < 1.29 is 14.3 Å². The lowest BCUT2D eigenvalue weighted by Gasteiger charge is -2.35. The van der Waals surface area contributed by atoms with Crippen molar-refractivity contribution in [2.24, 2.45) is 0 Å². The normalized spacial score (nSPS) is 20.9. The maximum absolute atomic E-state index is 12.7. The van der Waals surface area contributed by atoms with E-state index in [1.807, 2.05) is 32.9 Å². The molecule has 1 atom stereocenters. The minimum Gasteiger partial charge on any atom is -0.444 e. The molecule has 1 aromatic rings. The fourth-order valence-corrected chi connectivity index (χ4v) is 3.22. The summed E-state index contributed by atoms with van der Waals surface area (Å²) in [7, 11) is 0. The highest BCUT2D eigenvalue weighted by atomic mass is 16.6. The molecule has 1 heterocycles. The van der Waals surface area contributed by atoms with Gasteiger partial charge in [0.1, 0.15) is 11.6 Å². The number of hydrogen-bond donors (Lipinski definition) is 1. The zero-order valence-corrected chi connectivity index (χ0v) is 15.4. The molecule has 3 rings (SSSR count). The first-order valence-electron chi connectivity index (χ1n) is 9.24. The van der Waals surface area contributed by atoms with Crippen molar-refractivity contribution in [1.29, 1.82) is 0 Å². The summed E-state index contributed by atoms with van der Waals surface area (Å²) in [5.74, 6) is 0.565. The molecule has 25 heavy (non-hydrogen) atoms. The third-order valence-electron chi connectivity index (χ3n) is 4.66. The second-order valence-corrected chi connectivity index (χ2v) is 8.07. The minimum absolute atomic E-state index is 0.135. The molecule has 1 N–H and O–H groups in total. The van der Waals surface area contributed by atoms with Gasteiger partial charge in [-0.1, -0.05) is 12.1 Å². The first kappa shape index (κ1) is 17.8. The number of carbonyl (C=O) groups is 2. The third kappa shape index (κ3) is 4.74. The van der Waals surface area contributed by atoms with Gasteiger partial charge in [-0.3, -0.25) is 9.69 Å². The molecule has 5 heteroatoms. The van der Waals surface area contributed by atoms with Crippen molar-refractivity contribution in [2.45, 2.75) is 70.4 Å². The lowest BCUT2D eigenvalue weighted by molar-refractivity contribution is -0.122. The van der Waals surface area contributed by atoms with Gasteiger partial charge in [0, 0.05) is 12.2 Å². The Labute approximate surface area is 149 Å². The summed E-state index contributed by atoms with van der Waals surface area (Å²) in [6, 6.07) is 7.60. The van der Waals surface area contributed by atoms with E-state index in [4.69, 9.17) is 4.74 Å². The Hall–Kier alpha value is -2.04. The molecule has 136 valence electrons. The van der Waals surface area contributed by atoms with Gasteiger partial charge in [-0.15, -0.1) is 0 Å². The van der Waals surface area contributed by atoms with E-state index in [-0.39, 0.29) is 5.91 Å². The van der Waals surface area contributed by atoms with Crippen LogP contribution >= 0.6 is 0 Å². The van der Waals surface area contributed by atoms with Crippen LogP contribution in [0.15, 0.2) is 24.3 Å². The lowest BCUT2D eigenvalue weighted by Crippen LogP contribution is -2.51. The number of nitrogens with one attached hydrogen (secondary N) is 1. The van der Waals surface area contributed by atoms with Crippen LogP contribution in [-0.4, -0.2) is 35.1 Å². The van der Waals surface area contributed by atoms with E-state index in [9.17, 15) is 9.59 Å². The van der Waals surface area contributed by atoms with Gasteiger partial charge in [0.25, 0.3) is 0 Å². The molecule has 0 unspecified atom stereocenters. The lowest BCUT2D eigenvalue weighted by atomic mass is 10.0. The highest BCUT2D eigenvalue weighted by molar-refractivity contribution is 5.96. The first-order chi connectivity index (χ1) is 11.8. The van der Waals surface area contributed by atoms with E-state index in [0.717, 1.165) is 18.5 Å². The number of amides is 2. The van der Waals surface area contributed by atoms with Crippen LogP contribution < -0.4 is 5.32 Å². The van der Waals surface area contributed by atoms with E-state index in [2.05, 4.69) is 17.4 Å². The molecule has 0 bridgehead atoms. The molecule has 2 fully saturated rings. The third-order valence-corrected chi connectivity index (χ3v) is 4.66. The van der Waals surface area contributed by atoms with Crippen LogP contribution in [0.25, 0.3) is 0 Å².